The molecule has 0 radical (unpaired) electrons. The minimum absolute atomic E-state index is 0.422. The summed E-state index contributed by atoms with van der Waals surface area (Å²) < 4.78 is 1.13. The molecular weight excluding hydrogens is 340 g/mol. The summed E-state index contributed by atoms with van der Waals surface area (Å²) >= 11 is 7.32. The molecule has 0 N–H and O–H groups in total. The molecule has 2 unspecified atom stereocenters. The maximum Gasteiger partial charge on any atom is 0.0467 e. The van der Waals surface area contributed by atoms with Crippen LogP contribution in [0, 0.1) is 0 Å². The largest absolute Gasteiger partial charge is 0.0832 e. The molecule has 0 aromatic heterocycles. The van der Waals surface area contributed by atoms with Crippen LogP contribution in [0.15, 0.2) is 53.0 Å². The average Bonchev–Trinajstić information content (AvgIpc) is 2.31. The first-order valence-corrected chi connectivity index (χ1v) is 7.44. The molecular formula is C15H12Br2. The molecule has 2 aromatic rings. The normalized spacial score (nSPS) is 19.3. The minimum atomic E-state index is 0.422. The van der Waals surface area contributed by atoms with Gasteiger partial charge in [0.25, 0.3) is 0 Å². The first-order valence-electron chi connectivity index (χ1n) is 5.73. The van der Waals surface area contributed by atoms with Gasteiger partial charge >= 0.3 is 0 Å². The van der Waals surface area contributed by atoms with E-state index in [2.05, 4.69) is 80.4 Å². The van der Waals surface area contributed by atoms with Crippen molar-refractivity contribution in [2.75, 3.05) is 0 Å². The number of rotatable bonds is 2. The Morgan fingerprint density at radius 2 is 1.71 bits per heavy atom. The first kappa shape index (κ1) is 11.5. The summed E-state index contributed by atoms with van der Waals surface area (Å²) in [7, 11) is 0. The van der Waals surface area contributed by atoms with Crippen LogP contribution < -0.4 is 0 Å². The second-order valence-electron chi connectivity index (χ2n) is 4.46. The third-order valence-corrected chi connectivity index (χ3v) is 5.13. The fraction of sp³-hybridized carbons (Fsp3) is 0.200. The van der Waals surface area contributed by atoms with Crippen LogP contribution in [0.1, 0.15) is 27.4 Å². The van der Waals surface area contributed by atoms with Crippen molar-refractivity contribution >= 4 is 31.9 Å². The summed E-state index contributed by atoms with van der Waals surface area (Å²) in [6.07, 6.45) is 1.18. The van der Waals surface area contributed by atoms with Gasteiger partial charge < -0.3 is 0 Å². The molecule has 0 amide bonds. The first-order chi connectivity index (χ1) is 8.25. The van der Waals surface area contributed by atoms with Gasteiger partial charge in [-0.2, -0.15) is 0 Å². The van der Waals surface area contributed by atoms with Gasteiger partial charge in [0.1, 0.15) is 0 Å². The third kappa shape index (κ3) is 2.09. The van der Waals surface area contributed by atoms with E-state index in [4.69, 9.17) is 0 Å². The highest BCUT2D eigenvalue weighted by Gasteiger charge is 2.31. The van der Waals surface area contributed by atoms with E-state index in [-0.39, 0.29) is 0 Å². The smallest absolute Gasteiger partial charge is 0.0467 e. The predicted octanol–water partition coefficient (Wildman–Crippen LogP) is 5.23. The molecule has 0 saturated heterocycles. The molecule has 3 rings (SSSR count). The van der Waals surface area contributed by atoms with Crippen LogP contribution in [-0.2, 0) is 6.42 Å². The highest BCUT2D eigenvalue weighted by atomic mass is 79.9. The fourth-order valence-electron chi connectivity index (χ4n) is 2.44. The molecule has 0 spiro atoms. The Balaban J connectivity index is 1.86. The van der Waals surface area contributed by atoms with Crippen LogP contribution in [-0.4, -0.2) is 0 Å². The summed E-state index contributed by atoms with van der Waals surface area (Å²) in [5.41, 5.74) is 4.35. The van der Waals surface area contributed by atoms with E-state index in [0.717, 1.165) is 4.47 Å². The molecule has 0 heterocycles. The van der Waals surface area contributed by atoms with Crippen LogP contribution >= 0.6 is 31.9 Å². The van der Waals surface area contributed by atoms with E-state index in [9.17, 15) is 0 Å². The quantitative estimate of drug-likeness (QED) is 0.650. The Hall–Kier alpha value is -0.600. The molecule has 86 valence electrons. The lowest BCUT2D eigenvalue weighted by Crippen LogP contribution is -2.20. The van der Waals surface area contributed by atoms with Crippen molar-refractivity contribution in [1.82, 2.24) is 0 Å². The number of hydrogen-bond donors (Lipinski definition) is 0. The summed E-state index contributed by atoms with van der Waals surface area (Å²) in [4.78, 5) is 0.422. The van der Waals surface area contributed by atoms with Crippen LogP contribution in [0.5, 0.6) is 0 Å². The summed E-state index contributed by atoms with van der Waals surface area (Å²) in [6, 6.07) is 17.3. The molecule has 0 aliphatic heterocycles. The van der Waals surface area contributed by atoms with Gasteiger partial charge in [0.2, 0.25) is 0 Å². The predicted molar refractivity (Wildman–Crippen MR) is 78.7 cm³/mol. The molecule has 0 fully saturated rings. The van der Waals surface area contributed by atoms with Crippen LogP contribution in [0.4, 0.5) is 0 Å². The molecule has 1 aliphatic rings. The molecule has 2 heteroatoms. The van der Waals surface area contributed by atoms with E-state index in [0.29, 0.717) is 10.7 Å². The lowest BCUT2D eigenvalue weighted by atomic mass is 9.74. The number of halogens is 2. The molecule has 0 nitrogen and oxygen atoms in total. The van der Waals surface area contributed by atoms with Crippen molar-refractivity contribution in [2.24, 2.45) is 0 Å². The van der Waals surface area contributed by atoms with Crippen LogP contribution in [0.3, 0.4) is 0 Å². The van der Waals surface area contributed by atoms with Gasteiger partial charge in [0.15, 0.2) is 0 Å². The Morgan fingerprint density at radius 3 is 2.41 bits per heavy atom. The van der Waals surface area contributed by atoms with Gasteiger partial charge in [-0.3, -0.25) is 0 Å². The molecule has 17 heavy (non-hydrogen) atoms. The SMILES string of the molecule is Brc1ccc(C(Br)C2Cc3ccccc32)cc1. The van der Waals surface area contributed by atoms with Crippen molar-refractivity contribution in [3.63, 3.8) is 0 Å². The molecule has 2 atom stereocenters. The van der Waals surface area contributed by atoms with Crippen LogP contribution in [0.2, 0.25) is 0 Å². The zero-order chi connectivity index (χ0) is 11.8. The molecule has 2 aromatic carbocycles. The second kappa shape index (κ2) is 4.58. The second-order valence-corrected chi connectivity index (χ2v) is 6.36. The summed E-state index contributed by atoms with van der Waals surface area (Å²) in [5, 5.41) is 0. The van der Waals surface area contributed by atoms with Crippen molar-refractivity contribution in [3.8, 4) is 0 Å². The highest BCUT2D eigenvalue weighted by molar-refractivity contribution is 9.10. The maximum absolute atomic E-state index is 3.84. The van der Waals surface area contributed by atoms with Crippen molar-refractivity contribution in [3.05, 3.63) is 69.7 Å². The van der Waals surface area contributed by atoms with Crippen molar-refractivity contribution < 1.29 is 0 Å². The monoisotopic (exact) mass is 350 g/mol. The van der Waals surface area contributed by atoms with Crippen LogP contribution in [0.25, 0.3) is 0 Å². The number of fused-ring (bicyclic) bond motifs is 1. The van der Waals surface area contributed by atoms with E-state index >= 15 is 0 Å². The van der Waals surface area contributed by atoms with Gasteiger partial charge in [-0.15, -0.1) is 0 Å². The van der Waals surface area contributed by atoms with E-state index < -0.39 is 0 Å². The van der Waals surface area contributed by atoms with Gasteiger partial charge in [-0.05, 0) is 35.2 Å². The molecule has 1 aliphatic carbocycles. The lowest BCUT2D eigenvalue weighted by Gasteiger charge is -2.34. The number of alkyl halides is 1. The molecule has 0 bridgehead atoms. The van der Waals surface area contributed by atoms with Gasteiger partial charge in [0, 0.05) is 15.2 Å². The fourth-order valence-corrected chi connectivity index (χ4v) is 3.48. The number of hydrogen-bond acceptors (Lipinski definition) is 0. The van der Waals surface area contributed by atoms with Gasteiger partial charge in [0.05, 0.1) is 0 Å². The lowest BCUT2D eigenvalue weighted by molar-refractivity contribution is 0.600. The van der Waals surface area contributed by atoms with Gasteiger partial charge in [-0.1, -0.05) is 68.3 Å². The number of benzene rings is 2. The third-order valence-electron chi connectivity index (χ3n) is 3.44. The topological polar surface area (TPSA) is 0 Å². The minimum Gasteiger partial charge on any atom is -0.0832 e. The zero-order valence-corrected chi connectivity index (χ0v) is 12.4. The van der Waals surface area contributed by atoms with E-state index in [1.807, 2.05) is 0 Å². The zero-order valence-electron chi connectivity index (χ0n) is 9.24. The Morgan fingerprint density at radius 1 is 1.00 bits per heavy atom. The Kier molecular flexibility index (Phi) is 3.10. The Labute approximate surface area is 118 Å². The Bertz CT molecular complexity index is 531. The van der Waals surface area contributed by atoms with E-state index in [1.165, 1.54) is 23.1 Å². The summed E-state index contributed by atoms with van der Waals surface area (Å²) in [6.45, 7) is 0. The molecule has 0 saturated carbocycles. The highest BCUT2D eigenvalue weighted by Crippen LogP contribution is 2.47. The van der Waals surface area contributed by atoms with Gasteiger partial charge in [-0.25, -0.2) is 0 Å². The van der Waals surface area contributed by atoms with Crippen molar-refractivity contribution in [2.45, 2.75) is 17.2 Å². The standard InChI is InChI=1S/C15H12Br2/c16-12-7-5-10(6-8-12)15(17)14-9-11-3-1-2-4-13(11)14/h1-8,14-15H,9H2. The van der Waals surface area contributed by atoms with Crippen molar-refractivity contribution in [1.29, 1.82) is 0 Å². The maximum atomic E-state index is 3.84. The summed E-state index contributed by atoms with van der Waals surface area (Å²) in [5.74, 6) is 0.618. The van der Waals surface area contributed by atoms with E-state index in [1.54, 1.807) is 0 Å². The average molecular weight is 352 g/mol.